The molecule has 0 aliphatic carbocycles. The third-order valence-electron chi connectivity index (χ3n) is 5.83. The molecule has 1 saturated heterocycles. The van der Waals surface area contributed by atoms with Crippen LogP contribution in [0.1, 0.15) is 37.8 Å². The maximum absolute atomic E-state index is 5.63. The summed E-state index contributed by atoms with van der Waals surface area (Å²) in [4.78, 5) is 7.39. The lowest BCUT2D eigenvalue weighted by Gasteiger charge is -2.38. The highest BCUT2D eigenvalue weighted by molar-refractivity contribution is 5.80. The van der Waals surface area contributed by atoms with E-state index < -0.39 is 0 Å². The van der Waals surface area contributed by atoms with E-state index in [9.17, 15) is 0 Å². The van der Waals surface area contributed by atoms with Crippen LogP contribution in [0.5, 0.6) is 5.75 Å². The van der Waals surface area contributed by atoms with E-state index in [1.54, 1.807) is 7.11 Å². The second kappa shape index (κ2) is 13.1. The summed E-state index contributed by atoms with van der Waals surface area (Å²) in [5.41, 5.74) is 2.54. The highest BCUT2D eigenvalue weighted by Gasteiger charge is 2.25. The van der Waals surface area contributed by atoms with Crippen LogP contribution >= 0.6 is 0 Å². The zero-order chi connectivity index (χ0) is 22.6. The fourth-order valence-electron chi connectivity index (χ4n) is 4.02. The Balaban J connectivity index is 1.49. The molecule has 2 aromatic carbocycles. The largest absolute Gasteiger partial charge is 0.491 e. The van der Waals surface area contributed by atoms with Gasteiger partial charge >= 0.3 is 0 Å². The van der Waals surface area contributed by atoms with Gasteiger partial charge in [-0.25, -0.2) is 4.99 Å². The van der Waals surface area contributed by atoms with Gasteiger partial charge in [0.05, 0.1) is 13.2 Å². The van der Waals surface area contributed by atoms with Crippen molar-refractivity contribution in [3.05, 3.63) is 65.7 Å². The molecule has 0 aromatic heterocycles. The first-order valence-corrected chi connectivity index (χ1v) is 11.7. The lowest BCUT2D eigenvalue weighted by atomic mass is 9.97. The predicted molar refractivity (Wildman–Crippen MR) is 131 cm³/mol. The topological polar surface area (TPSA) is 58.1 Å². The number of aliphatic imine (C=N–C) groups is 1. The van der Waals surface area contributed by atoms with E-state index in [0.717, 1.165) is 49.7 Å². The number of hydrogen-bond acceptors (Lipinski definition) is 4. The number of methoxy groups -OCH3 is 1. The van der Waals surface area contributed by atoms with E-state index in [-0.39, 0.29) is 0 Å². The summed E-state index contributed by atoms with van der Waals surface area (Å²) in [5.74, 6) is 1.75. The first kappa shape index (κ1) is 24.1. The summed E-state index contributed by atoms with van der Waals surface area (Å²) in [6.07, 6.45) is 2.24. The summed E-state index contributed by atoms with van der Waals surface area (Å²) >= 11 is 0. The minimum absolute atomic E-state index is 0.436. The van der Waals surface area contributed by atoms with Crippen molar-refractivity contribution < 1.29 is 9.47 Å². The van der Waals surface area contributed by atoms with Gasteiger partial charge in [0.1, 0.15) is 12.4 Å². The van der Waals surface area contributed by atoms with Crippen LogP contribution < -0.4 is 15.4 Å². The van der Waals surface area contributed by atoms with Gasteiger partial charge in [-0.15, -0.1) is 0 Å². The highest BCUT2D eigenvalue weighted by atomic mass is 16.5. The lowest BCUT2D eigenvalue weighted by Crippen LogP contribution is -2.51. The second-order valence-electron chi connectivity index (χ2n) is 8.35. The molecule has 0 bridgehead atoms. The lowest BCUT2D eigenvalue weighted by molar-refractivity contribution is 0.134. The fraction of sp³-hybridized carbons (Fsp3) is 0.500. The quantitative estimate of drug-likeness (QED) is 0.336. The summed E-state index contributed by atoms with van der Waals surface area (Å²) < 4.78 is 10.6. The number of likely N-dealkylation sites (tertiary alicyclic amines) is 1. The predicted octanol–water partition coefficient (Wildman–Crippen LogP) is 3.82. The molecular formula is C26H38N4O2. The van der Waals surface area contributed by atoms with Crippen molar-refractivity contribution in [3.8, 4) is 5.75 Å². The molecule has 6 nitrogen and oxygen atoms in total. The van der Waals surface area contributed by atoms with Gasteiger partial charge in [-0.05, 0) is 49.9 Å². The van der Waals surface area contributed by atoms with E-state index >= 15 is 0 Å². The molecule has 0 saturated carbocycles. The van der Waals surface area contributed by atoms with Gasteiger partial charge in [0.2, 0.25) is 0 Å². The Bertz CT molecular complexity index is 810. The van der Waals surface area contributed by atoms with Crippen LogP contribution in [0.15, 0.2) is 59.6 Å². The van der Waals surface area contributed by atoms with Crippen molar-refractivity contribution in [2.45, 2.75) is 51.9 Å². The Kier molecular flexibility index (Phi) is 9.85. The van der Waals surface area contributed by atoms with Crippen molar-refractivity contribution in [1.82, 2.24) is 15.5 Å². The summed E-state index contributed by atoms with van der Waals surface area (Å²) in [7, 11) is 1.68. The third-order valence-corrected chi connectivity index (χ3v) is 5.83. The monoisotopic (exact) mass is 438 g/mol. The molecule has 2 N–H and O–H groups in total. The van der Waals surface area contributed by atoms with Crippen LogP contribution in [0, 0.1) is 0 Å². The molecule has 3 rings (SSSR count). The molecule has 0 spiro atoms. The Hall–Kier alpha value is -2.57. The first-order valence-electron chi connectivity index (χ1n) is 11.7. The van der Waals surface area contributed by atoms with Crippen LogP contribution in [0.2, 0.25) is 0 Å². The van der Waals surface area contributed by atoms with Gasteiger partial charge in [-0.3, -0.25) is 4.90 Å². The maximum atomic E-state index is 5.63. The Morgan fingerprint density at radius 1 is 1.06 bits per heavy atom. The van der Waals surface area contributed by atoms with Crippen LogP contribution in [-0.4, -0.2) is 56.4 Å². The van der Waals surface area contributed by atoms with E-state index in [0.29, 0.717) is 31.8 Å². The van der Waals surface area contributed by atoms with Crippen LogP contribution in [0.25, 0.3) is 0 Å². The molecule has 0 radical (unpaired) electrons. The number of guanidine groups is 1. The maximum Gasteiger partial charge on any atom is 0.191 e. The standard InChI is InChI=1S/C26H38N4O2/c1-4-27-26(28-19-22-10-12-25(13-11-22)32-17-16-31-3)29-24-14-15-30(21(2)18-24)20-23-8-6-5-7-9-23/h5-13,21,24H,4,14-20H2,1-3H3,(H2,27,28,29). The molecule has 6 heteroatoms. The number of nitrogens with zero attached hydrogens (tertiary/aromatic N) is 2. The van der Waals surface area contributed by atoms with Gasteiger partial charge in [-0.2, -0.15) is 0 Å². The zero-order valence-electron chi connectivity index (χ0n) is 19.7. The first-order chi connectivity index (χ1) is 15.7. The number of nitrogens with one attached hydrogen (secondary N) is 2. The van der Waals surface area contributed by atoms with Gasteiger partial charge in [-0.1, -0.05) is 42.5 Å². The van der Waals surface area contributed by atoms with E-state index in [1.807, 2.05) is 12.1 Å². The van der Waals surface area contributed by atoms with Gasteiger partial charge < -0.3 is 20.1 Å². The minimum atomic E-state index is 0.436. The number of rotatable bonds is 10. The molecular weight excluding hydrogens is 400 g/mol. The molecule has 1 aliphatic rings. The van der Waals surface area contributed by atoms with E-state index in [1.165, 1.54) is 5.56 Å². The Morgan fingerprint density at radius 3 is 2.53 bits per heavy atom. The number of ether oxygens (including phenoxy) is 2. The zero-order valence-corrected chi connectivity index (χ0v) is 19.7. The van der Waals surface area contributed by atoms with Crippen LogP contribution in [0.3, 0.4) is 0 Å². The average Bonchev–Trinajstić information content (AvgIpc) is 2.81. The molecule has 32 heavy (non-hydrogen) atoms. The van der Waals surface area contributed by atoms with Crippen LogP contribution in [0.4, 0.5) is 0 Å². The SMILES string of the molecule is CCNC(=NCc1ccc(OCCOC)cc1)NC1CCN(Cc2ccccc2)C(C)C1. The highest BCUT2D eigenvalue weighted by Crippen LogP contribution is 2.20. The number of hydrogen-bond donors (Lipinski definition) is 2. The summed E-state index contributed by atoms with van der Waals surface area (Å²) in [6.45, 7) is 9.19. The number of piperidine rings is 1. The Morgan fingerprint density at radius 2 is 1.84 bits per heavy atom. The summed E-state index contributed by atoms with van der Waals surface area (Å²) in [5, 5.41) is 7.06. The molecule has 1 heterocycles. The fourth-order valence-corrected chi connectivity index (χ4v) is 4.02. The van der Waals surface area contributed by atoms with E-state index in [2.05, 4.69) is 71.8 Å². The molecule has 0 amide bonds. The normalized spacial score (nSPS) is 19.5. The van der Waals surface area contributed by atoms with Gasteiger partial charge in [0, 0.05) is 38.8 Å². The molecule has 2 unspecified atom stereocenters. The average molecular weight is 439 g/mol. The third kappa shape index (κ3) is 7.84. The van der Waals surface area contributed by atoms with Crippen LogP contribution in [-0.2, 0) is 17.8 Å². The molecule has 1 fully saturated rings. The van der Waals surface area contributed by atoms with E-state index in [4.69, 9.17) is 14.5 Å². The number of benzene rings is 2. The van der Waals surface area contributed by atoms with Crippen molar-refractivity contribution in [2.24, 2.45) is 4.99 Å². The van der Waals surface area contributed by atoms with Crippen molar-refractivity contribution in [2.75, 3.05) is 33.4 Å². The van der Waals surface area contributed by atoms with Crippen molar-refractivity contribution >= 4 is 5.96 Å². The molecule has 1 aliphatic heterocycles. The molecule has 174 valence electrons. The summed E-state index contributed by atoms with van der Waals surface area (Å²) in [6, 6.07) is 19.8. The smallest absolute Gasteiger partial charge is 0.191 e. The van der Waals surface area contributed by atoms with Gasteiger partial charge in [0.15, 0.2) is 5.96 Å². The minimum Gasteiger partial charge on any atom is -0.491 e. The second-order valence-corrected chi connectivity index (χ2v) is 8.35. The van der Waals surface area contributed by atoms with Crippen molar-refractivity contribution in [1.29, 1.82) is 0 Å². The Labute approximate surface area is 193 Å². The van der Waals surface area contributed by atoms with Gasteiger partial charge in [0.25, 0.3) is 0 Å². The molecule has 2 atom stereocenters. The molecule has 2 aromatic rings. The van der Waals surface area contributed by atoms with Crippen molar-refractivity contribution in [3.63, 3.8) is 0 Å².